The van der Waals surface area contributed by atoms with Crippen molar-refractivity contribution in [3.05, 3.63) is 41.7 Å². The van der Waals surface area contributed by atoms with Crippen LogP contribution in [0.15, 0.2) is 34.4 Å². The molecule has 0 aliphatic heterocycles. The highest BCUT2D eigenvalue weighted by atomic mass is 32.2. The molecule has 1 heterocycles. The minimum atomic E-state index is -0.880. The Balaban J connectivity index is 2.31. The Morgan fingerprint density at radius 1 is 1.18 bits per heavy atom. The third-order valence-electron chi connectivity index (χ3n) is 2.18. The molecular weight excluding hydrogens is 244 g/mol. The summed E-state index contributed by atoms with van der Waals surface area (Å²) in [6.45, 7) is 1.78. The molecule has 88 valence electrons. The number of nitrogen functional groups attached to an aromatic ring is 1. The molecule has 0 aliphatic rings. The second kappa shape index (κ2) is 4.67. The molecule has 0 radical (unpaired) electrons. The molecule has 0 spiro atoms. The van der Waals surface area contributed by atoms with E-state index in [2.05, 4.69) is 9.97 Å². The van der Waals surface area contributed by atoms with Crippen LogP contribution in [0, 0.1) is 18.6 Å². The van der Waals surface area contributed by atoms with Gasteiger partial charge in [0.05, 0.1) is 0 Å². The summed E-state index contributed by atoms with van der Waals surface area (Å²) in [5.74, 6) is -1.37. The van der Waals surface area contributed by atoms with Crippen molar-refractivity contribution in [3.63, 3.8) is 0 Å². The highest BCUT2D eigenvalue weighted by Crippen LogP contribution is 2.30. The maximum Gasteiger partial charge on any atom is 0.159 e. The first kappa shape index (κ1) is 11.8. The third-order valence-corrected chi connectivity index (χ3v) is 3.28. The van der Waals surface area contributed by atoms with Crippen molar-refractivity contribution in [2.45, 2.75) is 16.8 Å². The van der Waals surface area contributed by atoms with Crippen molar-refractivity contribution in [2.24, 2.45) is 0 Å². The minimum Gasteiger partial charge on any atom is -0.383 e. The normalized spacial score (nSPS) is 10.5. The van der Waals surface area contributed by atoms with Gasteiger partial charge in [0.2, 0.25) is 0 Å². The summed E-state index contributed by atoms with van der Waals surface area (Å²) in [6, 6.07) is 3.69. The van der Waals surface area contributed by atoms with E-state index >= 15 is 0 Å². The van der Waals surface area contributed by atoms with E-state index in [1.165, 1.54) is 24.2 Å². The fraction of sp³-hybridized carbons (Fsp3) is 0.0909. The first-order chi connectivity index (χ1) is 8.08. The average molecular weight is 253 g/mol. The van der Waals surface area contributed by atoms with E-state index in [4.69, 9.17) is 5.73 Å². The number of rotatable bonds is 2. The van der Waals surface area contributed by atoms with E-state index in [0.29, 0.717) is 15.7 Å². The van der Waals surface area contributed by atoms with Crippen molar-refractivity contribution in [2.75, 3.05) is 5.73 Å². The van der Waals surface area contributed by atoms with Crippen LogP contribution < -0.4 is 5.73 Å². The number of aromatic nitrogens is 2. The van der Waals surface area contributed by atoms with Crippen molar-refractivity contribution < 1.29 is 8.78 Å². The summed E-state index contributed by atoms with van der Waals surface area (Å²) in [7, 11) is 0. The fourth-order valence-corrected chi connectivity index (χ4v) is 2.08. The summed E-state index contributed by atoms with van der Waals surface area (Å²) in [4.78, 5) is 8.43. The van der Waals surface area contributed by atoms with Gasteiger partial charge in [-0.2, -0.15) is 0 Å². The molecule has 1 aromatic carbocycles. The second-order valence-corrected chi connectivity index (χ2v) is 4.43. The molecule has 0 unspecified atom stereocenters. The van der Waals surface area contributed by atoms with Crippen LogP contribution in [0.1, 0.15) is 5.56 Å². The van der Waals surface area contributed by atoms with Gasteiger partial charge in [-0.25, -0.2) is 18.7 Å². The lowest BCUT2D eigenvalue weighted by molar-refractivity contribution is 0.506. The van der Waals surface area contributed by atoms with Gasteiger partial charge in [0.25, 0.3) is 0 Å². The maximum absolute atomic E-state index is 13.0. The molecule has 2 aromatic rings. The first-order valence-corrected chi connectivity index (χ1v) is 5.59. The Labute approximate surface area is 101 Å². The Bertz CT molecular complexity index is 560. The summed E-state index contributed by atoms with van der Waals surface area (Å²) >= 11 is 1.21. The van der Waals surface area contributed by atoms with Crippen LogP contribution in [0.2, 0.25) is 0 Å². The van der Waals surface area contributed by atoms with Crippen molar-refractivity contribution in [1.82, 2.24) is 9.97 Å². The standard InChI is InChI=1S/C11H9F2N3S/c1-6-10(14)15-5-16-11(6)17-7-2-3-8(12)9(13)4-7/h2-5H,1H3,(H2,14,15,16). The molecule has 17 heavy (non-hydrogen) atoms. The van der Waals surface area contributed by atoms with E-state index in [9.17, 15) is 8.78 Å². The molecule has 0 fully saturated rings. The van der Waals surface area contributed by atoms with Crippen molar-refractivity contribution >= 4 is 17.6 Å². The van der Waals surface area contributed by atoms with Gasteiger partial charge >= 0.3 is 0 Å². The van der Waals surface area contributed by atoms with Crippen LogP contribution in [0.25, 0.3) is 0 Å². The fourth-order valence-electron chi connectivity index (χ4n) is 1.20. The number of nitrogens with zero attached hydrogens (tertiary/aromatic N) is 2. The lowest BCUT2D eigenvalue weighted by Gasteiger charge is -2.05. The van der Waals surface area contributed by atoms with Crippen LogP contribution in [-0.4, -0.2) is 9.97 Å². The Morgan fingerprint density at radius 2 is 1.94 bits per heavy atom. The van der Waals surface area contributed by atoms with E-state index in [0.717, 1.165) is 17.7 Å². The summed E-state index contributed by atoms with van der Waals surface area (Å²) in [5.41, 5.74) is 6.35. The molecule has 0 aliphatic carbocycles. The molecule has 2 rings (SSSR count). The Kier molecular flexibility index (Phi) is 3.23. The topological polar surface area (TPSA) is 51.8 Å². The van der Waals surface area contributed by atoms with Crippen LogP contribution in [0.5, 0.6) is 0 Å². The van der Waals surface area contributed by atoms with E-state index < -0.39 is 11.6 Å². The van der Waals surface area contributed by atoms with E-state index in [1.54, 1.807) is 6.92 Å². The number of anilines is 1. The van der Waals surface area contributed by atoms with E-state index in [-0.39, 0.29) is 0 Å². The first-order valence-electron chi connectivity index (χ1n) is 4.78. The SMILES string of the molecule is Cc1c(N)ncnc1Sc1ccc(F)c(F)c1. The number of nitrogens with two attached hydrogens (primary N) is 1. The third kappa shape index (κ3) is 2.52. The quantitative estimate of drug-likeness (QED) is 0.836. The molecular formula is C11H9F2N3S. The zero-order chi connectivity index (χ0) is 12.4. The van der Waals surface area contributed by atoms with Gasteiger partial charge in [-0.05, 0) is 25.1 Å². The number of benzene rings is 1. The van der Waals surface area contributed by atoms with Gasteiger partial charge < -0.3 is 5.73 Å². The van der Waals surface area contributed by atoms with Crippen molar-refractivity contribution in [3.8, 4) is 0 Å². The Morgan fingerprint density at radius 3 is 2.65 bits per heavy atom. The van der Waals surface area contributed by atoms with Crippen LogP contribution in [0.4, 0.5) is 14.6 Å². The predicted molar refractivity (Wildman–Crippen MR) is 61.7 cm³/mol. The highest BCUT2D eigenvalue weighted by molar-refractivity contribution is 7.99. The zero-order valence-corrected chi connectivity index (χ0v) is 9.76. The van der Waals surface area contributed by atoms with E-state index in [1.807, 2.05) is 0 Å². The molecule has 1 aromatic heterocycles. The van der Waals surface area contributed by atoms with Gasteiger partial charge in [-0.1, -0.05) is 11.8 Å². The molecule has 0 amide bonds. The molecule has 0 saturated carbocycles. The lowest BCUT2D eigenvalue weighted by Crippen LogP contribution is -1.97. The Hall–Kier alpha value is -1.69. The molecule has 2 N–H and O–H groups in total. The minimum absolute atomic E-state index is 0.380. The van der Waals surface area contributed by atoms with Gasteiger partial charge in [0.1, 0.15) is 17.2 Å². The lowest BCUT2D eigenvalue weighted by atomic mass is 10.3. The highest BCUT2D eigenvalue weighted by Gasteiger charge is 2.08. The predicted octanol–water partition coefficient (Wildman–Crippen LogP) is 2.80. The molecule has 3 nitrogen and oxygen atoms in total. The largest absolute Gasteiger partial charge is 0.383 e. The zero-order valence-electron chi connectivity index (χ0n) is 8.95. The van der Waals surface area contributed by atoms with Crippen LogP contribution in [-0.2, 0) is 0 Å². The molecule has 0 atom stereocenters. The monoisotopic (exact) mass is 253 g/mol. The summed E-state index contributed by atoms with van der Waals surface area (Å²) in [5, 5.41) is 0.628. The molecule has 0 bridgehead atoms. The summed E-state index contributed by atoms with van der Waals surface area (Å²) < 4.78 is 25.8. The second-order valence-electron chi connectivity index (χ2n) is 3.37. The summed E-state index contributed by atoms with van der Waals surface area (Å²) in [6.07, 6.45) is 1.34. The maximum atomic E-state index is 13.0. The van der Waals surface area contributed by atoms with Crippen LogP contribution >= 0.6 is 11.8 Å². The van der Waals surface area contributed by atoms with Gasteiger partial charge in [-0.3, -0.25) is 0 Å². The van der Waals surface area contributed by atoms with Gasteiger partial charge in [0.15, 0.2) is 11.6 Å². The van der Waals surface area contributed by atoms with Gasteiger partial charge in [-0.15, -0.1) is 0 Å². The smallest absolute Gasteiger partial charge is 0.159 e. The van der Waals surface area contributed by atoms with Crippen molar-refractivity contribution in [1.29, 1.82) is 0 Å². The molecule has 6 heteroatoms. The number of halogens is 2. The number of hydrogen-bond acceptors (Lipinski definition) is 4. The number of hydrogen-bond donors (Lipinski definition) is 1. The molecule has 0 saturated heterocycles. The van der Waals surface area contributed by atoms with Crippen LogP contribution in [0.3, 0.4) is 0 Å². The average Bonchev–Trinajstić information content (AvgIpc) is 2.30. The van der Waals surface area contributed by atoms with Gasteiger partial charge in [0, 0.05) is 10.5 Å².